The van der Waals surface area contributed by atoms with Gasteiger partial charge in [0.05, 0.1) is 13.2 Å². The van der Waals surface area contributed by atoms with Crippen LogP contribution in [0.3, 0.4) is 0 Å². The number of aromatic nitrogens is 1. The predicted octanol–water partition coefficient (Wildman–Crippen LogP) is 8.35. The highest BCUT2D eigenvalue weighted by molar-refractivity contribution is 6.24. The van der Waals surface area contributed by atoms with E-state index in [4.69, 9.17) is 9.47 Å². The number of esters is 2. The van der Waals surface area contributed by atoms with E-state index in [1.165, 1.54) is 54.2 Å². The summed E-state index contributed by atoms with van der Waals surface area (Å²) in [6.07, 6.45) is 1.80. The number of ether oxygens (including phenoxy) is 2. The molecule has 2 atom stereocenters. The Bertz CT molecular complexity index is 2040. The van der Waals surface area contributed by atoms with Gasteiger partial charge in [0.1, 0.15) is 11.4 Å². The van der Waals surface area contributed by atoms with Crippen molar-refractivity contribution in [1.29, 1.82) is 0 Å². The fourth-order valence-corrected chi connectivity index (χ4v) is 7.68. The Labute approximate surface area is 237 Å². The van der Waals surface area contributed by atoms with Crippen LogP contribution in [0.5, 0.6) is 0 Å². The van der Waals surface area contributed by atoms with Gasteiger partial charge in [0.25, 0.3) is 0 Å². The van der Waals surface area contributed by atoms with Crippen LogP contribution < -0.4 is 0 Å². The number of nitrogens with one attached hydrogen (secondary N) is 1. The third-order valence-corrected chi connectivity index (χ3v) is 9.13. The van der Waals surface area contributed by atoms with Crippen molar-refractivity contribution in [2.75, 3.05) is 13.2 Å². The molecule has 0 radical (unpaired) electrons. The summed E-state index contributed by atoms with van der Waals surface area (Å²) < 4.78 is 11.0. The molecule has 6 aromatic rings. The molecule has 2 bridgehead atoms. The Kier molecular flexibility index (Phi) is 5.27. The van der Waals surface area contributed by atoms with Gasteiger partial charge < -0.3 is 14.5 Å². The molecule has 5 aromatic carbocycles. The van der Waals surface area contributed by atoms with E-state index in [2.05, 4.69) is 77.8 Å². The van der Waals surface area contributed by atoms with Crippen LogP contribution in [0.4, 0.5) is 0 Å². The summed E-state index contributed by atoms with van der Waals surface area (Å²) in [6.45, 7) is 4.13. The smallest absolute Gasteiger partial charge is 0.355 e. The molecular formula is C36H29NO4. The van der Waals surface area contributed by atoms with Crippen LogP contribution in [-0.2, 0) is 9.47 Å². The Morgan fingerprint density at radius 1 is 0.634 bits per heavy atom. The molecule has 1 N–H and O–H groups in total. The lowest BCUT2D eigenvalue weighted by Gasteiger charge is -2.41. The second kappa shape index (κ2) is 8.93. The quantitative estimate of drug-likeness (QED) is 0.139. The van der Waals surface area contributed by atoms with Gasteiger partial charge in [-0.25, -0.2) is 9.59 Å². The lowest BCUT2D eigenvalue weighted by atomic mass is 9.61. The lowest BCUT2D eigenvalue weighted by molar-refractivity contribution is 0.0515. The van der Waals surface area contributed by atoms with E-state index in [0.717, 1.165) is 24.0 Å². The molecule has 0 fully saturated rings. The second-order valence-electron chi connectivity index (χ2n) is 11.1. The van der Waals surface area contributed by atoms with Gasteiger partial charge in [0, 0.05) is 11.8 Å². The second-order valence-corrected chi connectivity index (χ2v) is 11.1. The average Bonchev–Trinajstić information content (AvgIpc) is 3.43. The first kappa shape index (κ1) is 24.2. The molecule has 3 aliphatic carbocycles. The third kappa shape index (κ3) is 3.29. The molecule has 2 unspecified atom stereocenters. The molecular weight excluding hydrogens is 510 g/mol. The number of benzene rings is 5. The summed E-state index contributed by atoms with van der Waals surface area (Å²) >= 11 is 0. The standard InChI is InChI=1S/C36H29NO4/c1-3-40-35(38)33-31-24-15-16-25(32(31)34(37-33)36(39)41-4-2)30-27-18-21-11-6-5-10-20(21)17-26(27)28-22-12-8-7-9-19(22)13-14-23(28)29(24)30/h5-14,17-18,24-25,37H,3-4,15-16H2,1-2H3. The highest BCUT2D eigenvalue weighted by Gasteiger charge is 2.46. The van der Waals surface area contributed by atoms with Crippen molar-refractivity contribution in [1.82, 2.24) is 4.98 Å². The zero-order valence-electron chi connectivity index (χ0n) is 23.0. The number of fused-ring (bicyclic) bond motifs is 7. The molecule has 0 saturated carbocycles. The summed E-state index contributed by atoms with van der Waals surface area (Å²) in [6, 6.07) is 26.2. The molecule has 202 valence electrons. The van der Waals surface area contributed by atoms with Gasteiger partial charge in [-0.1, -0.05) is 60.7 Å². The van der Waals surface area contributed by atoms with Gasteiger partial charge in [-0.3, -0.25) is 0 Å². The van der Waals surface area contributed by atoms with E-state index in [1.807, 2.05) is 0 Å². The molecule has 0 spiro atoms. The average molecular weight is 540 g/mol. The van der Waals surface area contributed by atoms with Crippen molar-refractivity contribution in [3.05, 3.63) is 106 Å². The highest BCUT2D eigenvalue weighted by atomic mass is 16.5. The molecule has 0 amide bonds. The lowest BCUT2D eigenvalue weighted by Crippen LogP contribution is -2.27. The fourth-order valence-electron chi connectivity index (χ4n) is 7.68. The fraction of sp³-hybridized carbons (Fsp3) is 0.222. The van der Waals surface area contributed by atoms with Gasteiger partial charge in [0.15, 0.2) is 0 Å². The molecule has 0 saturated heterocycles. The SMILES string of the molecule is CCOC(=O)c1[nH]c(C(=O)OCC)c2c1C1CCC2c2c1c1cc3ccccc3cc1c1c2ccc2ccccc21. The van der Waals surface area contributed by atoms with Gasteiger partial charge >= 0.3 is 11.9 Å². The monoisotopic (exact) mass is 539 g/mol. The molecule has 5 nitrogen and oxygen atoms in total. The number of carbonyl (C=O) groups is 2. The topological polar surface area (TPSA) is 68.4 Å². The van der Waals surface area contributed by atoms with E-state index in [-0.39, 0.29) is 25.0 Å². The van der Waals surface area contributed by atoms with Crippen molar-refractivity contribution in [3.63, 3.8) is 0 Å². The van der Waals surface area contributed by atoms with Crippen LogP contribution >= 0.6 is 0 Å². The zero-order chi connectivity index (χ0) is 27.8. The van der Waals surface area contributed by atoms with Crippen molar-refractivity contribution < 1.29 is 19.1 Å². The minimum Gasteiger partial charge on any atom is -0.461 e. The number of carbonyl (C=O) groups excluding carboxylic acids is 2. The van der Waals surface area contributed by atoms with Crippen LogP contribution in [0.2, 0.25) is 0 Å². The van der Waals surface area contributed by atoms with Gasteiger partial charge in [-0.2, -0.15) is 0 Å². The highest BCUT2D eigenvalue weighted by Crippen LogP contribution is 2.59. The first-order valence-electron chi connectivity index (χ1n) is 14.5. The Morgan fingerprint density at radius 2 is 1.17 bits per heavy atom. The molecule has 3 aliphatic rings. The Morgan fingerprint density at radius 3 is 1.78 bits per heavy atom. The van der Waals surface area contributed by atoms with E-state index in [1.54, 1.807) is 13.8 Å². The zero-order valence-corrected chi connectivity index (χ0v) is 23.0. The number of H-pyrrole nitrogens is 1. The minimum atomic E-state index is -0.421. The summed E-state index contributed by atoms with van der Waals surface area (Å²) in [5.74, 6) is -0.920. The predicted molar refractivity (Wildman–Crippen MR) is 162 cm³/mol. The maximum absolute atomic E-state index is 13.3. The van der Waals surface area contributed by atoms with Crippen molar-refractivity contribution >= 4 is 55.0 Å². The first-order chi connectivity index (χ1) is 20.1. The summed E-state index contributed by atoms with van der Waals surface area (Å²) in [4.78, 5) is 29.8. The van der Waals surface area contributed by atoms with Crippen molar-refractivity contribution in [3.8, 4) is 0 Å². The number of aromatic amines is 1. The molecule has 1 heterocycles. The summed E-state index contributed by atoms with van der Waals surface area (Å²) in [5.41, 5.74) is 5.14. The first-order valence-corrected chi connectivity index (χ1v) is 14.5. The molecule has 9 rings (SSSR count). The van der Waals surface area contributed by atoms with E-state index in [9.17, 15) is 9.59 Å². The van der Waals surface area contributed by atoms with Gasteiger partial charge in [0.2, 0.25) is 0 Å². The van der Waals surface area contributed by atoms with E-state index >= 15 is 0 Å². The molecule has 41 heavy (non-hydrogen) atoms. The number of hydrogen-bond acceptors (Lipinski definition) is 4. The van der Waals surface area contributed by atoms with Crippen LogP contribution in [0.1, 0.15) is 81.8 Å². The Balaban J connectivity index is 1.53. The Hall–Kier alpha value is -4.64. The van der Waals surface area contributed by atoms with E-state index < -0.39 is 11.9 Å². The summed E-state index contributed by atoms with van der Waals surface area (Å²) in [5, 5.41) is 9.73. The van der Waals surface area contributed by atoms with Crippen LogP contribution in [0, 0.1) is 0 Å². The van der Waals surface area contributed by atoms with E-state index in [0.29, 0.717) is 11.4 Å². The largest absolute Gasteiger partial charge is 0.461 e. The van der Waals surface area contributed by atoms with Crippen molar-refractivity contribution in [2.45, 2.75) is 38.5 Å². The van der Waals surface area contributed by atoms with Gasteiger partial charge in [-0.15, -0.1) is 0 Å². The van der Waals surface area contributed by atoms with Crippen LogP contribution in [-0.4, -0.2) is 30.1 Å². The third-order valence-electron chi connectivity index (χ3n) is 9.13. The normalized spacial score (nSPS) is 17.2. The minimum absolute atomic E-state index is 0.0386. The maximum Gasteiger partial charge on any atom is 0.355 e. The van der Waals surface area contributed by atoms with Crippen LogP contribution in [0.25, 0.3) is 43.1 Å². The molecule has 5 heteroatoms. The van der Waals surface area contributed by atoms with Gasteiger partial charge in [-0.05, 0) is 104 Å². The maximum atomic E-state index is 13.3. The number of hydrogen-bond donors (Lipinski definition) is 1. The number of rotatable bonds is 4. The molecule has 0 aliphatic heterocycles. The molecule has 1 aromatic heterocycles. The van der Waals surface area contributed by atoms with Crippen LogP contribution in [0.15, 0.2) is 72.8 Å². The van der Waals surface area contributed by atoms with Crippen molar-refractivity contribution in [2.24, 2.45) is 0 Å². The summed E-state index contributed by atoms with van der Waals surface area (Å²) in [7, 11) is 0.